The first-order valence-electron chi connectivity index (χ1n) is 17.3. The molecule has 2 aliphatic rings. The van der Waals surface area contributed by atoms with Gasteiger partial charge in [0.2, 0.25) is 0 Å². The van der Waals surface area contributed by atoms with Crippen molar-refractivity contribution in [1.29, 1.82) is 0 Å². The van der Waals surface area contributed by atoms with Crippen LogP contribution < -0.4 is 14.5 Å². The standard InChI is InChI=1S/C38H33N5O.Pt/c1-25-16-17-40-37(20-25)42-18-8-12-29-14-15-30(22-35(29)42)44-31-21-34(39-4)32-13-9-19-43(36(32)23-31)38-27(3)26(2)33(24-41-38)28-10-6-5-7-11-28;/h5-7,10-11,14-17,20-21,24H,8-9,12-13,18-19H2,1-3H3;/q-2;+2/i5D,6D,7D,10D,11D;. The number of hydrogen-bond acceptors (Lipinski definition) is 5. The summed E-state index contributed by atoms with van der Waals surface area (Å²) >= 11 is 0. The molecule has 0 N–H and O–H groups in total. The first-order valence-corrected chi connectivity index (χ1v) is 14.8. The van der Waals surface area contributed by atoms with Crippen LogP contribution in [0.5, 0.6) is 11.5 Å². The average molecular weight is 776 g/mol. The van der Waals surface area contributed by atoms with E-state index in [1.54, 1.807) is 12.3 Å². The van der Waals surface area contributed by atoms with Gasteiger partial charge in [-0.15, -0.1) is 35.4 Å². The van der Waals surface area contributed by atoms with Gasteiger partial charge in [0.15, 0.2) is 0 Å². The maximum absolute atomic E-state index is 8.50. The zero-order valence-corrected chi connectivity index (χ0v) is 27.5. The number of fused-ring (bicyclic) bond motifs is 2. The predicted molar refractivity (Wildman–Crippen MR) is 176 cm³/mol. The monoisotopic (exact) mass is 775 g/mol. The van der Waals surface area contributed by atoms with Gasteiger partial charge in [-0.05, 0) is 68.0 Å². The van der Waals surface area contributed by atoms with Gasteiger partial charge in [0.1, 0.15) is 11.6 Å². The minimum Gasteiger partial charge on any atom is -0.510 e. The van der Waals surface area contributed by atoms with Gasteiger partial charge in [-0.25, -0.2) is 9.97 Å². The molecule has 0 bridgehead atoms. The first kappa shape index (κ1) is 24.8. The van der Waals surface area contributed by atoms with E-state index in [9.17, 15) is 0 Å². The molecule has 0 saturated carbocycles. The molecule has 0 amide bonds. The van der Waals surface area contributed by atoms with Gasteiger partial charge < -0.3 is 14.5 Å². The molecule has 45 heavy (non-hydrogen) atoms. The molecule has 2 aliphatic heterocycles. The molecule has 226 valence electrons. The van der Waals surface area contributed by atoms with E-state index in [1.165, 1.54) is 5.56 Å². The Balaban J connectivity index is 0.00000432. The van der Waals surface area contributed by atoms with Crippen molar-refractivity contribution in [3.8, 4) is 22.6 Å². The van der Waals surface area contributed by atoms with Crippen molar-refractivity contribution in [2.75, 3.05) is 22.9 Å². The summed E-state index contributed by atoms with van der Waals surface area (Å²) in [6.45, 7) is 15.3. The second-order valence-electron chi connectivity index (χ2n) is 11.2. The third kappa shape index (κ3) is 5.86. The van der Waals surface area contributed by atoms with Crippen LogP contribution in [0, 0.1) is 39.5 Å². The number of rotatable bonds is 5. The molecule has 5 aromatic rings. The summed E-state index contributed by atoms with van der Waals surface area (Å²) in [5, 5.41) is 0. The summed E-state index contributed by atoms with van der Waals surface area (Å²) in [6.07, 6.45) is 6.86. The van der Waals surface area contributed by atoms with E-state index < -0.39 is 6.04 Å². The molecule has 0 atom stereocenters. The maximum atomic E-state index is 8.50. The molecule has 0 radical (unpaired) electrons. The zero-order chi connectivity index (χ0) is 34.6. The third-order valence-electron chi connectivity index (χ3n) is 8.42. The largest absolute Gasteiger partial charge is 2.00 e. The Morgan fingerprint density at radius 3 is 2.47 bits per heavy atom. The third-order valence-corrected chi connectivity index (χ3v) is 8.42. The number of hydrogen-bond donors (Lipinski definition) is 0. The van der Waals surface area contributed by atoms with Crippen molar-refractivity contribution in [2.24, 2.45) is 0 Å². The Morgan fingerprint density at radius 2 is 1.67 bits per heavy atom. The molecule has 0 saturated heterocycles. The van der Waals surface area contributed by atoms with E-state index in [4.69, 9.17) is 23.1 Å². The van der Waals surface area contributed by atoms with Crippen LogP contribution in [0.2, 0.25) is 0 Å². The number of aromatic nitrogens is 2. The molecule has 0 unspecified atom stereocenters. The van der Waals surface area contributed by atoms with Crippen LogP contribution in [-0.4, -0.2) is 23.1 Å². The second-order valence-corrected chi connectivity index (χ2v) is 11.2. The van der Waals surface area contributed by atoms with E-state index in [-0.39, 0.29) is 50.8 Å². The van der Waals surface area contributed by atoms with Gasteiger partial charge in [-0.1, -0.05) is 54.4 Å². The number of pyridine rings is 2. The summed E-state index contributed by atoms with van der Waals surface area (Å²) in [5.41, 5.74) is 7.47. The second kappa shape index (κ2) is 12.9. The van der Waals surface area contributed by atoms with E-state index in [0.29, 0.717) is 47.2 Å². The summed E-state index contributed by atoms with van der Waals surface area (Å²) in [4.78, 5) is 17.5. The summed E-state index contributed by atoms with van der Waals surface area (Å²) in [7, 11) is 0. The number of benzene rings is 3. The van der Waals surface area contributed by atoms with Gasteiger partial charge in [-0.2, -0.15) is 6.07 Å². The molecule has 7 heteroatoms. The molecular formula is C38H33N5OPt. The SMILES string of the molecule is [2H]c1c([2H])c([2H])c(-c2cnc(N3CCCc4c3[c-]c(Oc3[c-]c5c(cc3)CCCN5c3cc(C)ccn3)cc4[N+]#[C-])c(C)c2C)c([2H])c1[2H].[Pt+2]. The fourth-order valence-electron chi connectivity index (χ4n) is 6.08. The van der Waals surface area contributed by atoms with Crippen LogP contribution in [0.1, 0.15) is 47.5 Å². The minimum absolute atomic E-state index is 0. The van der Waals surface area contributed by atoms with E-state index in [1.807, 2.05) is 37.1 Å². The smallest absolute Gasteiger partial charge is 0.510 e. The van der Waals surface area contributed by atoms with Crippen molar-refractivity contribution in [2.45, 2.75) is 46.5 Å². The van der Waals surface area contributed by atoms with Crippen LogP contribution in [-0.2, 0) is 33.9 Å². The van der Waals surface area contributed by atoms with Gasteiger partial charge >= 0.3 is 21.1 Å². The van der Waals surface area contributed by atoms with E-state index in [0.717, 1.165) is 59.6 Å². The number of anilines is 4. The van der Waals surface area contributed by atoms with E-state index >= 15 is 0 Å². The zero-order valence-electron chi connectivity index (χ0n) is 30.2. The molecule has 3 aromatic carbocycles. The van der Waals surface area contributed by atoms with Crippen LogP contribution in [0.3, 0.4) is 0 Å². The Morgan fingerprint density at radius 1 is 0.889 bits per heavy atom. The van der Waals surface area contributed by atoms with Gasteiger partial charge in [0.25, 0.3) is 0 Å². The molecular weight excluding hydrogens is 738 g/mol. The van der Waals surface area contributed by atoms with Crippen LogP contribution in [0.25, 0.3) is 16.0 Å². The molecule has 4 heterocycles. The fraction of sp³-hybridized carbons (Fsp3) is 0.237. The van der Waals surface area contributed by atoms with Crippen molar-refractivity contribution in [1.82, 2.24) is 9.97 Å². The Bertz CT molecular complexity index is 2180. The normalized spacial score (nSPS) is 15.3. The Kier molecular flexibility index (Phi) is 7.10. The molecule has 6 nitrogen and oxygen atoms in total. The maximum Gasteiger partial charge on any atom is 2.00 e. The Labute approximate surface area is 286 Å². The van der Waals surface area contributed by atoms with Crippen molar-refractivity contribution in [3.05, 3.63) is 124 Å². The summed E-state index contributed by atoms with van der Waals surface area (Å²) in [5.74, 6) is 2.44. The number of nitrogens with zero attached hydrogens (tertiary/aromatic N) is 5. The summed E-state index contributed by atoms with van der Waals surface area (Å²) in [6, 6.07) is 14.9. The van der Waals surface area contributed by atoms with Crippen LogP contribution in [0.15, 0.2) is 72.9 Å². The Hall–Kier alpha value is -4.46. The van der Waals surface area contributed by atoms with Crippen molar-refractivity contribution < 1.29 is 32.7 Å². The van der Waals surface area contributed by atoms with Gasteiger partial charge in [-0.3, -0.25) is 4.85 Å². The number of ether oxygens (including phenoxy) is 1. The molecule has 7 rings (SSSR count). The first-order chi connectivity index (χ1) is 23.6. The van der Waals surface area contributed by atoms with Crippen molar-refractivity contribution >= 4 is 28.7 Å². The minimum atomic E-state index is -0.430. The van der Waals surface area contributed by atoms with Crippen LogP contribution >= 0.6 is 0 Å². The molecule has 0 spiro atoms. The topological polar surface area (TPSA) is 45.9 Å². The molecule has 0 aliphatic carbocycles. The quantitative estimate of drug-likeness (QED) is 0.167. The van der Waals surface area contributed by atoms with Gasteiger partial charge in [0, 0.05) is 42.5 Å². The molecule has 2 aromatic heterocycles. The molecule has 0 fully saturated rings. The van der Waals surface area contributed by atoms with Crippen LogP contribution in [0.4, 0.5) is 28.7 Å². The fourth-order valence-corrected chi connectivity index (χ4v) is 6.08. The van der Waals surface area contributed by atoms with Crippen molar-refractivity contribution in [3.63, 3.8) is 0 Å². The van der Waals surface area contributed by atoms with E-state index in [2.05, 4.69) is 45.9 Å². The van der Waals surface area contributed by atoms with Gasteiger partial charge in [0.05, 0.1) is 19.1 Å². The summed E-state index contributed by atoms with van der Waals surface area (Å²) < 4.78 is 47.7. The predicted octanol–water partition coefficient (Wildman–Crippen LogP) is 9.18. The number of aryl methyl sites for hydroxylation is 2. The average Bonchev–Trinajstić information content (AvgIpc) is 3.11.